The normalized spacial score (nSPS) is 21.2. The molecule has 0 saturated heterocycles. The van der Waals surface area contributed by atoms with Crippen molar-refractivity contribution in [2.75, 3.05) is 13.2 Å². The molecule has 0 amide bonds. The highest BCUT2D eigenvalue weighted by Gasteiger charge is 2.21. The average Bonchev–Trinajstić information content (AvgIpc) is 2.18. The molecule has 0 spiro atoms. The van der Waals surface area contributed by atoms with Crippen LogP contribution in [0.25, 0.3) is 0 Å². The van der Waals surface area contributed by atoms with Gasteiger partial charge in [-0.05, 0) is 23.6 Å². The quantitative estimate of drug-likeness (QED) is 0.710. The fraction of sp³-hybridized carbons (Fsp3) is 0.400. The maximum Gasteiger partial charge on any atom is 0.126 e. The Labute approximate surface area is 76.5 Å². The van der Waals surface area contributed by atoms with E-state index in [1.165, 1.54) is 6.07 Å². The van der Waals surface area contributed by atoms with Crippen LogP contribution in [0.15, 0.2) is 18.2 Å². The van der Waals surface area contributed by atoms with Gasteiger partial charge in [0.2, 0.25) is 0 Å². The summed E-state index contributed by atoms with van der Waals surface area (Å²) in [5, 5.41) is 0. The van der Waals surface area contributed by atoms with Gasteiger partial charge in [0.25, 0.3) is 0 Å². The zero-order chi connectivity index (χ0) is 9.26. The van der Waals surface area contributed by atoms with Crippen LogP contribution in [-0.4, -0.2) is 13.2 Å². The number of benzene rings is 1. The van der Waals surface area contributed by atoms with Crippen molar-refractivity contribution in [2.45, 2.75) is 12.5 Å². The molecule has 0 aromatic heterocycles. The highest BCUT2D eigenvalue weighted by Crippen LogP contribution is 2.27. The van der Waals surface area contributed by atoms with E-state index in [4.69, 9.17) is 10.5 Å². The first-order valence-corrected chi connectivity index (χ1v) is 4.42. The molecule has 1 heterocycles. The minimum absolute atomic E-state index is 0.126. The Bertz CT molecular complexity index is 314. The Balaban J connectivity index is 2.45. The van der Waals surface area contributed by atoms with Crippen molar-refractivity contribution in [2.24, 2.45) is 5.73 Å². The van der Waals surface area contributed by atoms with Gasteiger partial charge < -0.3 is 10.5 Å². The molecule has 1 atom stereocenters. The second-order valence-electron chi connectivity index (χ2n) is 3.15. The monoisotopic (exact) mass is 181 g/mol. The molecule has 0 bridgehead atoms. The molecule has 0 unspecified atom stereocenters. The van der Waals surface area contributed by atoms with Crippen LogP contribution >= 0.6 is 0 Å². The van der Waals surface area contributed by atoms with Gasteiger partial charge in [0.05, 0.1) is 12.7 Å². The summed E-state index contributed by atoms with van der Waals surface area (Å²) in [4.78, 5) is 0. The molecule has 2 rings (SSSR count). The maximum absolute atomic E-state index is 13.3. The molecule has 1 aromatic rings. The third-order valence-corrected chi connectivity index (χ3v) is 2.39. The van der Waals surface area contributed by atoms with E-state index in [1.807, 2.05) is 6.07 Å². The second-order valence-corrected chi connectivity index (χ2v) is 3.15. The summed E-state index contributed by atoms with van der Waals surface area (Å²) in [5.41, 5.74) is 7.20. The van der Waals surface area contributed by atoms with E-state index in [0.29, 0.717) is 19.6 Å². The molecule has 1 aliphatic heterocycles. The molecule has 0 fully saturated rings. The Morgan fingerprint density at radius 3 is 3.15 bits per heavy atom. The van der Waals surface area contributed by atoms with Crippen LogP contribution in [0.1, 0.15) is 17.2 Å². The highest BCUT2D eigenvalue weighted by molar-refractivity contribution is 5.32. The number of rotatable bonds is 1. The van der Waals surface area contributed by atoms with Gasteiger partial charge in [-0.3, -0.25) is 0 Å². The van der Waals surface area contributed by atoms with Gasteiger partial charge in [-0.2, -0.15) is 0 Å². The van der Waals surface area contributed by atoms with E-state index >= 15 is 0 Å². The first-order chi connectivity index (χ1) is 6.33. The molecule has 1 aliphatic rings. The van der Waals surface area contributed by atoms with Crippen molar-refractivity contribution in [3.63, 3.8) is 0 Å². The van der Waals surface area contributed by atoms with Gasteiger partial charge >= 0.3 is 0 Å². The zero-order valence-corrected chi connectivity index (χ0v) is 7.29. The number of halogens is 1. The van der Waals surface area contributed by atoms with E-state index in [9.17, 15) is 4.39 Å². The van der Waals surface area contributed by atoms with E-state index in [-0.39, 0.29) is 11.9 Å². The second kappa shape index (κ2) is 3.44. The molecule has 0 saturated carbocycles. The molecule has 3 heteroatoms. The predicted molar refractivity (Wildman–Crippen MR) is 47.9 cm³/mol. The van der Waals surface area contributed by atoms with Gasteiger partial charge in [0.15, 0.2) is 0 Å². The van der Waals surface area contributed by atoms with Crippen molar-refractivity contribution < 1.29 is 9.13 Å². The first-order valence-electron chi connectivity index (χ1n) is 4.42. The third kappa shape index (κ3) is 1.45. The Kier molecular flexibility index (Phi) is 2.29. The largest absolute Gasteiger partial charge is 0.372 e. The summed E-state index contributed by atoms with van der Waals surface area (Å²) in [6.07, 6.45) is 0.526. The zero-order valence-electron chi connectivity index (χ0n) is 7.29. The summed E-state index contributed by atoms with van der Waals surface area (Å²) in [6.45, 7) is 0.978. The minimum atomic E-state index is -0.140. The Morgan fingerprint density at radius 2 is 2.38 bits per heavy atom. The van der Waals surface area contributed by atoms with Crippen LogP contribution in [-0.2, 0) is 11.2 Å². The first kappa shape index (κ1) is 8.66. The number of ether oxygens (including phenoxy) is 1. The standard InChI is InChI=1S/C10H12FNO/c11-9-3-1-2-8-7(9)4-5-13-10(8)6-12/h1-3,10H,4-6,12H2/t10-/m0/s1. The lowest BCUT2D eigenvalue weighted by Crippen LogP contribution is -2.23. The van der Waals surface area contributed by atoms with Crippen LogP contribution < -0.4 is 5.73 Å². The van der Waals surface area contributed by atoms with Gasteiger partial charge in [0.1, 0.15) is 5.82 Å². The number of fused-ring (bicyclic) bond motifs is 1. The maximum atomic E-state index is 13.3. The molecule has 1 aromatic carbocycles. The lowest BCUT2D eigenvalue weighted by molar-refractivity contribution is 0.0474. The lowest BCUT2D eigenvalue weighted by atomic mass is 9.97. The van der Waals surface area contributed by atoms with Crippen molar-refractivity contribution in [1.82, 2.24) is 0 Å². The average molecular weight is 181 g/mol. The summed E-state index contributed by atoms with van der Waals surface area (Å²) in [7, 11) is 0. The van der Waals surface area contributed by atoms with Crippen molar-refractivity contribution in [3.8, 4) is 0 Å². The molecule has 2 N–H and O–H groups in total. The molecule has 70 valence electrons. The predicted octanol–water partition coefficient (Wildman–Crippen LogP) is 1.40. The van der Waals surface area contributed by atoms with Crippen molar-refractivity contribution >= 4 is 0 Å². The molecule has 0 aliphatic carbocycles. The van der Waals surface area contributed by atoms with Gasteiger partial charge in [-0.1, -0.05) is 12.1 Å². The van der Waals surface area contributed by atoms with Crippen LogP contribution in [0.4, 0.5) is 4.39 Å². The summed E-state index contributed by atoms with van der Waals surface area (Å²) in [6, 6.07) is 5.07. The molecule has 2 nitrogen and oxygen atoms in total. The van der Waals surface area contributed by atoms with E-state index in [1.54, 1.807) is 6.07 Å². The summed E-state index contributed by atoms with van der Waals surface area (Å²) in [5.74, 6) is -0.140. The van der Waals surface area contributed by atoms with Gasteiger partial charge in [-0.15, -0.1) is 0 Å². The smallest absolute Gasteiger partial charge is 0.126 e. The van der Waals surface area contributed by atoms with Crippen LogP contribution in [0.5, 0.6) is 0 Å². The third-order valence-electron chi connectivity index (χ3n) is 2.39. The summed E-state index contributed by atoms with van der Waals surface area (Å²) >= 11 is 0. The minimum Gasteiger partial charge on any atom is -0.372 e. The van der Waals surface area contributed by atoms with Crippen LogP contribution in [0.3, 0.4) is 0 Å². The number of nitrogens with two attached hydrogens (primary N) is 1. The fourth-order valence-electron chi connectivity index (χ4n) is 1.73. The molecule has 0 radical (unpaired) electrons. The van der Waals surface area contributed by atoms with E-state index < -0.39 is 0 Å². The van der Waals surface area contributed by atoms with E-state index in [2.05, 4.69) is 0 Å². The highest BCUT2D eigenvalue weighted by atomic mass is 19.1. The molecule has 13 heavy (non-hydrogen) atoms. The Hall–Kier alpha value is -0.930. The topological polar surface area (TPSA) is 35.2 Å². The van der Waals surface area contributed by atoms with Crippen LogP contribution in [0.2, 0.25) is 0 Å². The van der Waals surface area contributed by atoms with Gasteiger partial charge in [-0.25, -0.2) is 4.39 Å². The number of hydrogen-bond acceptors (Lipinski definition) is 2. The molecular weight excluding hydrogens is 169 g/mol. The number of hydrogen-bond donors (Lipinski definition) is 1. The lowest BCUT2D eigenvalue weighted by Gasteiger charge is -2.25. The van der Waals surface area contributed by atoms with Crippen LogP contribution in [0, 0.1) is 5.82 Å². The SMILES string of the molecule is NC[C@@H]1OCCc2c(F)cccc21. The van der Waals surface area contributed by atoms with Gasteiger partial charge in [0, 0.05) is 6.54 Å². The summed E-state index contributed by atoms with van der Waals surface area (Å²) < 4.78 is 18.7. The van der Waals surface area contributed by atoms with E-state index in [0.717, 1.165) is 11.1 Å². The van der Waals surface area contributed by atoms with Crippen molar-refractivity contribution in [1.29, 1.82) is 0 Å². The molecular formula is C10H12FNO. The fourth-order valence-corrected chi connectivity index (χ4v) is 1.73. The Morgan fingerprint density at radius 1 is 1.54 bits per heavy atom. The van der Waals surface area contributed by atoms with Crippen molar-refractivity contribution in [3.05, 3.63) is 35.1 Å².